The molecule has 0 radical (unpaired) electrons. The number of thiol groups is 4. The fourth-order valence-corrected chi connectivity index (χ4v) is 6.57. The Morgan fingerprint density at radius 2 is 1.06 bits per heavy atom. The summed E-state index contributed by atoms with van der Waals surface area (Å²) in [7, 11) is 0. The van der Waals surface area contributed by atoms with Crippen molar-refractivity contribution in [3.05, 3.63) is 0 Å². The van der Waals surface area contributed by atoms with Gasteiger partial charge in [-0.05, 0) is 47.7 Å². The molecule has 0 saturated carbocycles. The van der Waals surface area contributed by atoms with Crippen molar-refractivity contribution in [2.24, 2.45) is 11.8 Å². The lowest BCUT2D eigenvalue weighted by Gasteiger charge is -2.35. The van der Waals surface area contributed by atoms with Gasteiger partial charge in [0.25, 0.3) is 0 Å². The minimum atomic E-state index is 0.351. The van der Waals surface area contributed by atoms with Gasteiger partial charge in [-0.2, -0.15) is 74.0 Å². The van der Waals surface area contributed by atoms with Crippen LogP contribution >= 0.6 is 74.0 Å². The third-order valence-corrected chi connectivity index (χ3v) is 9.12. The van der Waals surface area contributed by atoms with Crippen LogP contribution in [0.1, 0.15) is 12.8 Å². The molecule has 18 heavy (non-hydrogen) atoms. The highest BCUT2D eigenvalue weighted by atomic mass is 32.2. The number of rotatable bonds is 7. The molecule has 4 unspecified atom stereocenters. The highest BCUT2D eigenvalue weighted by Crippen LogP contribution is 2.36. The summed E-state index contributed by atoms with van der Waals surface area (Å²) >= 11 is 23.0. The lowest BCUT2D eigenvalue weighted by molar-refractivity contribution is 0.519. The highest BCUT2D eigenvalue weighted by Gasteiger charge is 2.31. The molecule has 0 bridgehead atoms. The van der Waals surface area contributed by atoms with Gasteiger partial charge in [-0.15, -0.1) is 0 Å². The van der Waals surface area contributed by atoms with Crippen molar-refractivity contribution in [2.75, 3.05) is 23.0 Å². The largest absolute Gasteiger partial charge is 0.176 e. The van der Waals surface area contributed by atoms with Gasteiger partial charge in [0.05, 0.1) is 0 Å². The van der Waals surface area contributed by atoms with E-state index in [1.807, 2.05) is 23.5 Å². The lowest BCUT2D eigenvalue weighted by atomic mass is 9.98. The van der Waals surface area contributed by atoms with Gasteiger partial charge in [-0.25, -0.2) is 0 Å². The Bertz CT molecular complexity index is 227. The van der Waals surface area contributed by atoms with Crippen LogP contribution in [0, 0.1) is 11.8 Å². The second kappa shape index (κ2) is 7.92. The van der Waals surface area contributed by atoms with Crippen LogP contribution in [0.5, 0.6) is 0 Å². The summed E-state index contributed by atoms with van der Waals surface area (Å²) in [6.07, 6.45) is 2.15. The average Bonchev–Trinajstić information content (AvgIpc) is 2.10. The molecule has 0 aliphatic carbocycles. The summed E-state index contributed by atoms with van der Waals surface area (Å²) in [5, 5.41) is 1.70. The predicted molar refractivity (Wildman–Crippen MR) is 102 cm³/mol. The summed E-state index contributed by atoms with van der Waals surface area (Å²) in [5.41, 5.74) is 0. The molecule has 2 aliphatic rings. The molecule has 106 valence electrons. The van der Waals surface area contributed by atoms with Crippen molar-refractivity contribution in [3.63, 3.8) is 0 Å². The summed E-state index contributed by atoms with van der Waals surface area (Å²) in [6, 6.07) is 0. The first-order chi connectivity index (χ1) is 8.58. The molecule has 4 atom stereocenters. The van der Waals surface area contributed by atoms with E-state index in [2.05, 4.69) is 0 Å². The van der Waals surface area contributed by atoms with Crippen LogP contribution in [-0.2, 0) is 0 Å². The van der Waals surface area contributed by atoms with Crippen LogP contribution in [0.2, 0.25) is 0 Å². The van der Waals surface area contributed by atoms with Crippen molar-refractivity contribution in [1.29, 1.82) is 0 Å². The Balaban J connectivity index is 1.68. The van der Waals surface area contributed by atoms with Crippen LogP contribution in [0.4, 0.5) is 0 Å². The van der Waals surface area contributed by atoms with Crippen LogP contribution in [0.25, 0.3) is 0 Å². The Hall–Kier alpha value is 2.10. The van der Waals surface area contributed by atoms with Crippen LogP contribution < -0.4 is 0 Å². The van der Waals surface area contributed by atoms with Crippen molar-refractivity contribution >= 4 is 74.0 Å². The van der Waals surface area contributed by atoms with Crippen molar-refractivity contribution < 1.29 is 0 Å². The molecule has 0 nitrogen and oxygen atoms in total. The first kappa shape index (κ1) is 16.5. The molecule has 0 aromatic heterocycles. The molecule has 2 aliphatic heterocycles. The van der Waals surface area contributed by atoms with Gasteiger partial charge >= 0.3 is 0 Å². The number of thioether (sulfide) groups is 2. The summed E-state index contributed by atoms with van der Waals surface area (Å²) in [4.78, 5) is 0. The van der Waals surface area contributed by atoms with Gasteiger partial charge in [0.15, 0.2) is 0 Å². The van der Waals surface area contributed by atoms with E-state index in [0.717, 1.165) is 24.7 Å². The van der Waals surface area contributed by atoms with Gasteiger partial charge in [0.1, 0.15) is 0 Å². The van der Waals surface area contributed by atoms with E-state index in [0.29, 0.717) is 21.0 Å². The van der Waals surface area contributed by atoms with Gasteiger partial charge in [-0.3, -0.25) is 0 Å². The van der Waals surface area contributed by atoms with E-state index in [4.69, 9.17) is 50.5 Å². The van der Waals surface area contributed by atoms with Crippen molar-refractivity contribution in [2.45, 2.75) is 33.8 Å². The van der Waals surface area contributed by atoms with E-state index in [9.17, 15) is 0 Å². The van der Waals surface area contributed by atoms with Gasteiger partial charge in [-0.1, -0.05) is 0 Å². The molecule has 2 rings (SSSR count). The number of hydrogen-bond donors (Lipinski definition) is 4. The Labute approximate surface area is 142 Å². The molecular weight excluding hydrogens is 337 g/mol. The van der Waals surface area contributed by atoms with Crippen molar-refractivity contribution in [3.8, 4) is 0 Å². The van der Waals surface area contributed by atoms with E-state index in [1.54, 1.807) is 0 Å². The molecule has 0 aromatic rings. The SMILES string of the molecule is SC(CC(S)C1CSC1)C(S)CC(S)C1CSC1. The predicted octanol–water partition coefficient (Wildman–Crippen LogP) is 3.69. The third-order valence-electron chi connectivity index (χ3n) is 3.83. The first-order valence-electron chi connectivity index (χ1n) is 6.45. The maximum Gasteiger partial charge on any atom is 0.0144 e. The molecule has 0 spiro atoms. The topological polar surface area (TPSA) is 0 Å². The zero-order valence-corrected chi connectivity index (χ0v) is 15.5. The standard InChI is InChI=1S/C12H22S6/c13-9(7-3-17-4-7)1-11(15)12(16)2-10(14)8-5-18-6-8/h7-16H,1-6H2. The minimum Gasteiger partial charge on any atom is -0.176 e. The second-order valence-corrected chi connectivity index (χ2v) is 10.1. The zero-order chi connectivity index (χ0) is 13.1. The quantitative estimate of drug-likeness (QED) is 0.513. The Kier molecular flexibility index (Phi) is 7.25. The normalized spacial score (nSPS) is 28.0. The molecule has 0 amide bonds. The van der Waals surface area contributed by atoms with E-state index in [-0.39, 0.29) is 0 Å². The fourth-order valence-electron chi connectivity index (χ4n) is 2.15. The Morgan fingerprint density at radius 1 is 0.722 bits per heavy atom. The summed E-state index contributed by atoms with van der Waals surface area (Å²) in [5.74, 6) is 6.70. The lowest BCUT2D eigenvalue weighted by Crippen LogP contribution is -2.35. The highest BCUT2D eigenvalue weighted by molar-refractivity contribution is 8.01. The van der Waals surface area contributed by atoms with Crippen LogP contribution in [0.3, 0.4) is 0 Å². The number of hydrogen-bond acceptors (Lipinski definition) is 6. The van der Waals surface area contributed by atoms with Crippen LogP contribution in [0.15, 0.2) is 0 Å². The molecule has 6 heteroatoms. The smallest absolute Gasteiger partial charge is 0.0144 e. The van der Waals surface area contributed by atoms with Gasteiger partial charge in [0, 0.05) is 21.0 Å². The third kappa shape index (κ3) is 4.55. The molecule has 0 N–H and O–H groups in total. The summed E-state index contributed by atoms with van der Waals surface area (Å²) in [6.45, 7) is 0. The maximum atomic E-state index is 4.74. The Morgan fingerprint density at radius 3 is 1.28 bits per heavy atom. The van der Waals surface area contributed by atoms with Crippen LogP contribution in [-0.4, -0.2) is 44.0 Å². The molecule has 2 fully saturated rings. The molecule has 0 aromatic carbocycles. The average molecular weight is 359 g/mol. The fraction of sp³-hybridized carbons (Fsp3) is 1.00. The van der Waals surface area contributed by atoms with E-state index in [1.165, 1.54) is 23.0 Å². The summed E-state index contributed by atoms with van der Waals surface area (Å²) < 4.78 is 0. The van der Waals surface area contributed by atoms with E-state index < -0.39 is 0 Å². The van der Waals surface area contributed by atoms with E-state index >= 15 is 0 Å². The maximum absolute atomic E-state index is 4.74. The monoisotopic (exact) mass is 358 g/mol. The first-order valence-corrected chi connectivity index (χ1v) is 10.8. The van der Waals surface area contributed by atoms with Gasteiger partial charge in [0.2, 0.25) is 0 Å². The second-order valence-electron chi connectivity index (χ2n) is 5.34. The molecule has 2 heterocycles. The zero-order valence-electron chi connectivity index (χ0n) is 10.3. The minimum absolute atomic E-state index is 0.351. The molecular formula is C12H22S6. The van der Waals surface area contributed by atoms with Gasteiger partial charge < -0.3 is 0 Å². The molecule has 2 saturated heterocycles. The van der Waals surface area contributed by atoms with Crippen molar-refractivity contribution in [1.82, 2.24) is 0 Å².